The van der Waals surface area contributed by atoms with Crippen molar-refractivity contribution in [2.24, 2.45) is 4.99 Å². The molecule has 0 radical (unpaired) electrons. The van der Waals surface area contributed by atoms with Crippen LogP contribution in [0.3, 0.4) is 0 Å². The fraction of sp³-hybridized carbons (Fsp3) is 0.214. The maximum Gasteiger partial charge on any atom is 0.258 e. The van der Waals surface area contributed by atoms with Crippen molar-refractivity contribution in [3.8, 4) is 11.5 Å². The fourth-order valence-corrected chi connectivity index (χ4v) is 3.86. The molecular formula is C28H30N4O3. The number of nitrogens with one attached hydrogen (secondary N) is 3. The lowest BCUT2D eigenvalue weighted by Gasteiger charge is -2.14. The van der Waals surface area contributed by atoms with E-state index >= 15 is 0 Å². The molecule has 180 valence electrons. The Morgan fingerprint density at radius 1 is 0.971 bits per heavy atom. The van der Waals surface area contributed by atoms with Crippen molar-refractivity contribution in [1.82, 2.24) is 10.3 Å². The number of rotatable bonds is 8. The zero-order valence-electron chi connectivity index (χ0n) is 20.2. The van der Waals surface area contributed by atoms with Gasteiger partial charge in [-0.3, -0.25) is 15.1 Å². The minimum Gasteiger partial charge on any atom is -0.497 e. The van der Waals surface area contributed by atoms with Gasteiger partial charge in [0.2, 0.25) is 5.96 Å². The minimum atomic E-state index is -0.313. The van der Waals surface area contributed by atoms with Gasteiger partial charge in [-0.05, 0) is 54.3 Å². The Kier molecular flexibility index (Phi) is 7.67. The summed E-state index contributed by atoms with van der Waals surface area (Å²) in [5.74, 6) is 1.14. The first kappa shape index (κ1) is 23.9. The van der Waals surface area contributed by atoms with Gasteiger partial charge in [-0.15, -0.1) is 0 Å². The van der Waals surface area contributed by atoms with E-state index in [-0.39, 0.29) is 5.91 Å². The molecule has 0 bridgehead atoms. The summed E-state index contributed by atoms with van der Waals surface area (Å²) in [4.78, 5) is 21.1. The lowest BCUT2D eigenvalue weighted by atomic mass is 10.1. The number of aromatic amines is 1. The summed E-state index contributed by atoms with van der Waals surface area (Å²) in [5, 5.41) is 7.38. The second-order valence-corrected chi connectivity index (χ2v) is 8.07. The summed E-state index contributed by atoms with van der Waals surface area (Å²) < 4.78 is 10.6. The summed E-state index contributed by atoms with van der Waals surface area (Å²) >= 11 is 0. The smallest absolute Gasteiger partial charge is 0.258 e. The molecule has 0 spiro atoms. The molecule has 1 heterocycles. The number of H-pyrrole nitrogens is 1. The van der Waals surface area contributed by atoms with Gasteiger partial charge >= 0.3 is 0 Å². The molecule has 7 heteroatoms. The van der Waals surface area contributed by atoms with Crippen molar-refractivity contribution in [3.05, 3.63) is 89.6 Å². The standard InChI is InChI=1S/C28H30N4O3/c1-4-19-8-7-9-22(14-19)31-28(29-13-12-20-18-30-26-11-6-5-10-25(20)26)32-27(33)21-15-23(34-2)17-24(16-21)35-3/h5-11,14-18,30H,4,12-13H2,1-3H3,(H2,29,31,32,33). The average Bonchev–Trinajstić information content (AvgIpc) is 3.31. The highest BCUT2D eigenvalue weighted by Gasteiger charge is 2.13. The van der Waals surface area contributed by atoms with E-state index in [2.05, 4.69) is 46.8 Å². The monoisotopic (exact) mass is 470 g/mol. The number of methoxy groups -OCH3 is 2. The van der Waals surface area contributed by atoms with Crippen LogP contribution in [0, 0.1) is 0 Å². The molecule has 3 aromatic carbocycles. The predicted octanol–water partition coefficient (Wildman–Crippen LogP) is 5.19. The van der Waals surface area contributed by atoms with Gasteiger partial charge in [-0.2, -0.15) is 0 Å². The summed E-state index contributed by atoms with van der Waals surface area (Å²) in [7, 11) is 3.10. The van der Waals surface area contributed by atoms with Crippen LogP contribution in [0.1, 0.15) is 28.4 Å². The molecule has 0 fully saturated rings. The number of benzene rings is 3. The number of aliphatic imine (C=N–C) groups is 1. The van der Waals surface area contributed by atoms with Crippen LogP contribution in [0.2, 0.25) is 0 Å². The quantitative estimate of drug-likeness (QED) is 0.244. The number of hydrogen-bond donors (Lipinski definition) is 3. The summed E-state index contributed by atoms with van der Waals surface area (Å²) in [6.07, 6.45) is 3.66. The van der Waals surface area contributed by atoms with Gasteiger partial charge < -0.3 is 19.8 Å². The molecule has 35 heavy (non-hydrogen) atoms. The molecule has 0 aliphatic heterocycles. The number of guanidine groups is 1. The van der Waals surface area contributed by atoms with Crippen LogP contribution in [0.5, 0.6) is 11.5 Å². The number of hydrogen-bond acceptors (Lipinski definition) is 4. The number of fused-ring (bicyclic) bond motifs is 1. The molecule has 0 saturated heterocycles. The predicted molar refractivity (Wildman–Crippen MR) is 141 cm³/mol. The van der Waals surface area contributed by atoms with Crippen LogP contribution in [0.4, 0.5) is 5.69 Å². The first-order valence-electron chi connectivity index (χ1n) is 11.6. The maximum atomic E-state index is 13.1. The van der Waals surface area contributed by atoms with Gasteiger partial charge in [0, 0.05) is 41.0 Å². The largest absolute Gasteiger partial charge is 0.497 e. The zero-order valence-corrected chi connectivity index (χ0v) is 20.2. The third kappa shape index (κ3) is 6.00. The molecule has 4 rings (SSSR count). The summed E-state index contributed by atoms with van der Waals surface area (Å²) in [6, 6.07) is 21.3. The molecule has 0 unspecified atom stereocenters. The van der Waals surface area contributed by atoms with Crippen LogP contribution in [-0.4, -0.2) is 37.6 Å². The Morgan fingerprint density at radius 2 is 1.74 bits per heavy atom. The minimum absolute atomic E-state index is 0.313. The number of anilines is 1. The van der Waals surface area contributed by atoms with Crippen LogP contribution in [-0.2, 0) is 12.8 Å². The van der Waals surface area contributed by atoms with E-state index in [4.69, 9.17) is 14.5 Å². The fourth-order valence-electron chi connectivity index (χ4n) is 3.86. The number of amides is 1. The Labute approximate surface area is 205 Å². The number of aromatic nitrogens is 1. The zero-order chi connectivity index (χ0) is 24.6. The SMILES string of the molecule is CCc1cccc(NC(=NCCc2c[nH]c3ccccc23)NC(=O)c2cc(OC)cc(OC)c2)c1. The average molecular weight is 471 g/mol. The molecule has 0 atom stereocenters. The van der Waals surface area contributed by atoms with Crippen molar-refractivity contribution >= 4 is 28.5 Å². The highest BCUT2D eigenvalue weighted by molar-refractivity contribution is 6.10. The maximum absolute atomic E-state index is 13.1. The summed E-state index contributed by atoms with van der Waals surface area (Å²) in [5.41, 5.74) is 4.74. The highest BCUT2D eigenvalue weighted by Crippen LogP contribution is 2.22. The molecule has 7 nitrogen and oxygen atoms in total. The first-order chi connectivity index (χ1) is 17.1. The number of carbonyl (C=O) groups is 1. The number of carbonyl (C=O) groups excluding carboxylic acids is 1. The molecule has 1 aromatic heterocycles. The van der Waals surface area contributed by atoms with E-state index in [1.54, 1.807) is 32.4 Å². The third-order valence-electron chi connectivity index (χ3n) is 5.77. The van der Waals surface area contributed by atoms with E-state index in [0.717, 1.165) is 24.0 Å². The summed E-state index contributed by atoms with van der Waals surface area (Å²) in [6.45, 7) is 2.60. The Hall–Kier alpha value is -4.26. The molecule has 4 aromatic rings. The second-order valence-electron chi connectivity index (χ2n) is 8.07. The molecule has 0 aliphatic carbocycles. The van der Waals surface area contributed by atoms with Gasteiger partial charge in [-0.25, -0.2) is 0 Å². The Balaban J connectivity index is 1.56. The molecule has 1 amide bonds. The topological polar surface area (TPSA) is 87.7 Å². The van der Waals surface area contributed by atoms with E-state index in [9.17, 15) is 4.79 Å². The van der Waals surface area contributed by atoms with E-state index in [1.807, 2.05) is 30.5 Å². The van der Waals surface area contributed by atoms with E-state index in [0.29, 0.717) is 29.6 Å². The highest BCUT2D eigenvalue weighted by atomic mass is 16.5. The first-order valence-corrected chi connectivity index (χ1v) is 11.6. The molecule has 3 N–H and O–H groups in total. The van der Waals surface area contributed by atoms with Crippen molar-refractivity contribution < 1.29 is 14.3 Å². The molecule has 0 aliphatic rings. The number of nitrogens with zero attached hydrogens (tertiary/aromatic N) is 1. The number of aryl methyl sites for hydroxylation is 1. The second kappa shape index (κ2) is 11.2. The third-order valence-corrected chi connectivity index (χ3v) is 5.77. The van der Waals surface area contributed by atoms with Crippen molar-refractivity contribution in [2.45, 2.75) is 19.8 Å². The Morgan fingerprint density at radius 3 is 2.49 bits per heavy atom. The van der Waals surface area contributed by atoms with Gasteiger partial charge in [0.25, 0.3) is 5.91 Å². The Bertz CT molecular complexity index is 1320. The number of ether oxygens (including phenoxy) is 2. The lowest BCUT2D eigenvalue weighted by molar-refractivity contribution is 0.0976. The van der Waals surface area contributed by atoms with Crippen molar-refractivity contribution in [2.75, 3.05) is 26.1 Å². The van der Waals surface area contributed by atoms with Gasteiger partial charge in [0.1, 0.15) is 11.5 Å². The van der Waals surface area contributed by atoms with Crippen LogP contribution in [0.15, 0.2) is 77.9 Å². The van der Waals surface area contributed by atoms with Crippen LogP contribution in [0.25, 0.3) is 10.9 Å². The van der Waals surface area contributed by atoms with Crippen molar-refractivity contribution in [3.63, 3.8) is 0 Å². The normalized spacial score (nSPS) is 11.3. The van der Waals surface area contributed by atoms with Crippen LogP contribution >= 0.6 is 0 Å². The van der Waals surface area contributed by atoms with Crippen molar-refractivity contribution in [1.29, 1.82) is 0 Å². The van der Waals surface area contributed by atoms with E-state index < -0.39 is 0 Å². The van der Waals surface area contributed by atoms with E-state index in [1.165, 1.54) is 16.5 Å². The van der Waals surface area contributed by atoms with Crippen LogP contribution < -0.4 is 20.1 Å². The molecular weight excluding hydrogens is 440 g/mol. The number of para-hydroxylation sites is 1. The lowest BCUT2D eigenvalue weighted by Crippen LogP contribution is -2.36. The van der Waals surface area contributed by atoms with Gasteiger partial charge in [0.05, 0.1) is 14.2 Å². The van der Waals surface area contributed by atoms with Gasteiger partial charge in [-0.1, -0.05) is 37.3 Å². The molecule has 0 saturated carbocycles. The van der Waals surface area contributed by atoms with Gasteiger partial charge in [0.15, 0.2) is 0 Å².